The van der Waals surface area contributed by atoms with Gasteiger partial charge in [0, 0.05) is 5.92 Å². The lowest BCUT2D eigenvalue weighted by Gasteiger charge is -2.07. The maximum atomic E-state index is 11.3. The Labute approximate surface area is 41.0 Å². The number of rotatable bonds is 1. The van der Waals surface area contributed by atoms with E-state index in [1.54, 1.807) is 0 Å². The van der Waals surface area contributed by atoms with E-state index in [2.05, 4.69) is 0 Å². The molecule has 0 heterocycles. The fraction of sp³-hybridized carbons (Fsp3) is 1.00. The summed E-state index contributed by atoms with van der Waals surface area (Å²) in [4.78, 5) is 0. The number of hydrogen-bond acceptors (Lipinski definition) is 0. The standard InChI is InChI=1S/C4H7F2O/c1-3(2)4(5,6)7/h3H,1-2H3. The Morgan fingerprint density at radius 3 is 1.57 bits per heavy atom. The molecule has 0 aliphatic carbocycles. The Hall–Kier alpha value is -0.180. The van der Waals surface area contributed by atoms with Gasteiger partial charge in [0.2, 0.25) is 0 Å². The van der Waals surface area contributed by atoms with Crippen LogP contribution < -0.4 is 0 Å². The maximum absolute atomic E-state index is 11.3. The molecule has 0 rings (SSSR count). The third kappa shape index (κ3) is 2.51. The Morgan fingerprint density at radius 1 is 1.43 bits per heavy atom. The predicted molar refractivity (Wildman–Crippen MR) is 20.5 cm³/mol. The molecule has 1 radical (unpaired) electrons. The summed E-state index contributed by atoms with van der Waals surface area (Å²) in [5.74, 6) is -1.09. The lowest BCUT2D eigenvalue weighted by atomic mass is 10.2. The smallest absolute Gasteiger partial charge is 0.173 e. The van der Waals surface area contributed by atoms with Gasteiger partial charge in [0.25, 0.3) is 0 Å². The zero-order valence-electron chi connectivity index (χ0n) is 4.24. The molecule has 0 fully saturated rings. The average Bonchev–Trinajstić information content (AvgIpc) is 1.31. The minimum atomic E-state index is -3.75. The molecule has 0 atom stereocenters. The molecule has 0 saturated heterocycles. The summed E-state index contributed by atoms with van der Waals surface area (Å²) in [6.07, 6.45) is -3.75. The van der Waals surface area contributed by atoms with Gasteiger partial charge in [0.1, 0.15) is 0 Å². The van der Waals surface area contributed by atoms with Crippen molar-refractivity contribution in [2.45, 2.75) is 20.0 Å². The van der Waals surface area contributed by atoms with Crippen molar-refractivity contribution in [2.24, 2.45) is 5.92 Å². The van der Waals surface area contributed by atoms with Crippen molar-refractivity contribution in [3.63, 3.8) is 0 Å². The number of alkyl halides is 2. The molecule has 7 heavy (non-hydrogen) atoms. The molecule has 0 bridgehead atoms. The van der Waals surface area contributed by atoms with E-state index in [0.29, 0.717) is 0 Å². The first-order valence-corrected chi connectivity index (χ1v) is 2.03. The highest BCUT2D eigenvalue weighted by atomic mass is 19.3. The Morgan fingerprint density at radius 2 is 1.57 bits per heavy atom. The van der Waals surface area contributed by atoms with Crippen LogP contribution in [0.4, 0.5) is 8.78 Å². The predicted octanol–water partition coefficient (Wildman–Crippen LogP) is 1.67. The van der Waals surface area contributed by atoms with Crippen LogP contribution >= 0.6 is 0 Å². The molecule has 0 aromatic carbocycles. The summed E-state index contributed by atoms with van der Waals surface area (Å²) in [6.45, 7) is 2.38. The normalized spacial score (nSPS) is 12.9. The van der Waals surface area contributed by atoms with Gasteiger partial charge in [0.15, 0.2) is 0 Å². The number of hydrogen-bond donors (Lipinski definition) is 0. The molecular weight excluding hydrogens is 102 g/mol. The van der Waals surface area contributed by atoms with E-state index in [4.69, 9.17) is 0 Å². The molecule has 0 spiro atoms. The quantitative estimate of drug-likeness (QED) is 0.488. The second kappa shape index (κ2) is 1.74. The van der Waals surface area contributed by atoms with Crippen molar-refractivity contribution in [3.05, 3.63) is 0 Å². The van der Waals surface area contributed by atoms with Gasteiger partial charge in [-0.3, -0.25) is 0 Å². The van der Waals surface area contributed by atoms with E-state index in [1.807, 2.05) is 0 Å². The van der Waals surface area contributed by atoms with Crippen molar-refractivity contribution in [1.29, 1.82) is 0 Å². The summed E-state index contributed by atoms with van der Waals surface area (Å²) in [6, 6.07) is 0. The summed E-state index contributed by atoms with van der Waals surface area (Å²) in [5, 5.41) is 9.47. The maximum Gasteiger partial charge on any atom is 0.383 e. The molecule has 0 aromatic rings. The third-order valence-electron chi connectivity index (χ3n) is 0.672. The van der Waals surface area contributed by atoms with E-state index in [9.17, 15) is 13.9 Å². The second-order valence-corrected chi connectivity index (χ2v) is 1.72. The van der Waals surface area contributed by atoms with Crippen LogP contribution in [0.5, 0.6) is 0 Å². The van der Waals surface area contributed by atoms with Crippen LogP contribution in [0.15, 0.2) is 0 Å². The summed E-state index contributed by atoms with van der Waals surface area (Å²) >= 11 is 0. The topological polar surface area (TPSA) is 19.9 Å². The zero-order chi connectivity index (χ0) is 6.08. The van der Waals surface area contributed by atoms with Gasteiger partial charge < -0.3 is 0 Å². The van der Waals surface area contributed by atoms with Crippen LogP contribution in [0.1, 0.15) is 13.8 Å². The van der Waals surface area contributed by atoms with Gasteiger partial charge in [-0.15, -0.1) is 0 Å². The first-order valence-electron chi connectivity index (χ1n) is 2.03. The van der Waals surface area contributed by atoms with Crippen LogP contribution in [0.2, 0.25) is 0 Å². The zero-order valence-corrected chi connectivity index (χ0v) is 4.24. The SMILES string of the molecule is CC(C)C([O])(F)F. The molecular formula is C4H7F2O. The van der Waals surface area contributed by atoms with Crippen LogP contribution in [0.3, 0.4) is 0 Å². The Kier molecular flexibility index (Phi) is 1.69. The van der Waals surface area contributed by atoms with Gasteiger partial charge in [-0.25, -0.2) is 0 Å². The van der Waals surface area contributed by atoms with Crippen molar-refractivity contribution in [3.8, 4) is 0 Å². The van der Waals surface area contributed by atoms with E-state index in [1.165, 1.54) is 13.8 Å². The highest BCUT2D eigenvalue weighted by Gasteiger charge is 2.31. The fourth-order valence-corrected chi connectivity index (χ4v) is 0. The highest BCUT2D eigenvalue weighted by molar-refractivity contribution is 4.51. The molecule has 0 aliphatic rings. The van der Waals surface area contributed by atoms with Gasteiger partial charge in [-0.1, -0.05) is 13.8 Å². The van der Waals surface area contributed by atoms with Crippen molar-refractivity contribution in [1.82, 2.24) is 0 Å². The van der Waals surface area contributed by atoms with Crippen LogP contribution in [-0.4, -0.2) is 6.11 Å². The van der Waals surface area contributed by atoms with E-state index < -0.39 is 12.0 Å². The highest BCUT2D eigenvalue weighted by Crippen LogP contribution is 2.19. The van der Waals surface area contributed by atoms with Gasteiger partial charge >= 0.3 is 6.11 Å². The van der Waals surface area contributed by atoms with Crippen molar-refractivity contribution in [2.75, 3.05) is 0 Å². The van der Waals surface area contributed by atoms with Crippen molar-refractivity contribution >= 4 is 0 Å². The molecule has 3 heteroatoms. The molecule has 0 N–H and O–H groups in total. The van der Waals surface area contributed by atoms with Crippen LogP contribution in [0.25, 0.3) is 0 Å². The molecule has 0 amide bonds. The minimum absolute atomic E-state index is 1.09. The lowest BCUT2D eigenvalue weighted by Crippen LogP contribution is -2.20. The molecule has 0 aliphatic heterocycles. The molecule has 0 aromatic heterocycles. The molecule has 43 valence electrons. The van der Waals surface area contributed by atoms with E-state index in [0.717, 1.165) is 0 Å². The van der Waals surface area contributed by atoms with E-state index >= 15 is 0 Å². The second-order valence-electron chi connectivity index (χ2n) is 1.72. The van der Waals surface area contributed by atoms with E-state index in [-0.39, 0.29) is 0 Å². The van der Waals surface area contributed by atoms with Gasteiger partial charge in [-0.05, 0) is 0 Å². The van der Waals surface area contributed by atoms with Crippen LogP contribution in [0, 0.1) is 5.92 Å². The first-order chi connectivity index (χ1) is 2.94. The summed E-state index contributed by atoms with van der Waals surface area (Å²) in [7, 11) is 0. The van der Waals surface area contributed by atoms with Gasteiger partial charge in [-0.2, -0.15) is 13.9 Å². The minimum Gasteiger partial charge on any atom is -0.173 e. The summed E-state index contributed by atoms with van der Waals surface area (Å²) < 4.78 is 22.6. The molecule has 0 unspecified atom stereocenters. The molecule has 0 saturated carbocycles. The molecule has 1 nitrogen and oxygen atoms in total. The fourth-order valence-electron chi connectivity index (χ4n) is 0. The average molecular weight is 109 g/mol. The lowest BCUT2D eigenvalue weighted by molar-refractivity contribution is -0.269. The Balaban J connectivity index is 3.54. The van der Waals surface area contributed by atoms with Gasteiger partial charge in [0.05, 0.1) is 0 Å². The Bertz CT molecular complexity index is 55.2. The van der Waals surface area contributed by atoms with Crippen molar-refractivity contribution < 1.29 is 13.9 Å². The number of halogens is 2. The first kappa shape index (κ1) is 6.82. The monoisotopic (exact) mass is 109 g/mol. The largest absolute Gasteiger partial charge is 0.383 e. The summed E-state index contributed by atoms with van der Waals surface area (Å²) in [5.41, 5.74) is 0. The van der Waals surface area contributed by atoms with Crippen LogP contribution in [-0.2, 0) is 5.11 Å². The third-order valence-corrected chi connectivity index (χ3v) is 0.672.